The molecule has 134 valence electrons. The van der Waals surface area contributed by atoms with Gasteiger partial charge in [-0.25, -0.2) is 4.72 Å². The van der Waals surface area contributed by atoms with Crippen molar-refractivity contribution in [2.45, 2.75) is 44.5 Å². The van der Waals surface area contributed by atoms with Crippen LogP contribution in [0.4, 0.5) is 0 Å². The van der Waals surface area contributed by atoms with E-state index in [9.17, 15) is 18.3 Å². The largest absolute Gasteiger partial charge is 0.480 e. The van der Waals surface area contributed by atoms with Crippen molar-refractivity contribution in [1.29, 1.82) is 0 Å². The smallest absolute Gasteiger partial charge is 0.451 e. The second-order valence-corrected chi connectivity index (χ2v) is 7.75. The number of nitrogens with one attached hydrogen (secondary N) is 1. The molecule has 9 nitrogen and oxygen atoms in total. The molecule has 0 aromatic carbocycles. The minimum Gasteiger partial charge on any atom is -0.480 e. The zero-order valence-corrected chi connectivity index (χ0v) is 14.1. The predicted octanol–water partition coefficient (Wildman–Crippen LogP) is -1.41. The number of nitrogens with zero attached hydrogens (tertiary/aromatic N) is 1. The summed E-state index contributed by atoms with van der Waals surface area (Å²) in [5.74, 6) is -1.83. The van der Waals surface area contributed by atoms with Crippen molar-refractivity contribution in [2.75, 3.05) is 19.6 Å². The number of nitrogens with two attached hydrogens (primary N) is 1. The van der Waals surface area contributed by atoms with E-state index in [4.69, 9.17) is 15.8 Å². The van der Waals surface area contributed by atoms with Crippen LogP contribution in [0.15, 0.2) is 0 Å². The summed E-state index contributed by atoms with van der Waals surface area (Å²) < 4.78 is 28.0. The highest BCUT2D eigenvalue weighted by molar-refractivity contribution is 7.87. The fourth-order valence-corrected chi connectivity index (χ4v) is 4.03. The summed E-state index contributed by atoms with van der Waals surface area (Å²) in [5.41, 5.74) is 4.28. The average Bonchev–Trinajstić information content (AvgIpc) is 2.78. The van der Waals surface area contributed by atoms with Crippen molar-refractivity contribution in [1.82, 2.24) is 9.03 Å². The van der Waals surface area contributed by atoms with E-state index in [0.717, 1.165) is 10.7 Å². The maximum Gasteiger partial charge on any atom is 0.451 e. The minimum atomic E-state index is -3.77. The van der Waals surface area contributed by atoms with Crippen LogP contribution in [0.1, 0.15) is 32.6 Å². The molecule has 2 atom stereocenters. The van der Waals surface area contributed by atoms with E-state index in [1.165, 1.54) is 0 Å². The molecule has 0 amide bonds. The van der Waals surface area contributed by atoms with E-state index in [1.54, 1.807) is 0 Å². The van der Waals surface area contributed by atoms with Crippen LogP contribution >= 0.6 is 0 Å². The van der Waals surface area contributed by atoms with Gasteiger partial charge in [-0.05, 0) is 19.2 Å². The van der Waals surface area contributed by atoms with Crippen molar-refractivity contribution >= 4 is 23.3 Å². The Morgan fingerprint density at radius 3 is 2.61 bits per heavy atom. The number of unbranched alkanes of at least 4 members (excludes halogenated alkanes) is 1. The van der Waals surface area contributed by atoms with Gasteiger partial charge in [0.25, 0.3) is 10.2 Å². The lowest BCUT2D eigenvalue weighted by atomic mass is 9.78. The first-order valence-corrected chi connectivity index (χ1v) is 9.20. The van der Waals surface area contributed by atoms with Crippen LogP contribution in [0, 0.1) is 5.92 Å². The number of rotatable bonds is 10. The maximum absolute atomic E-state index is 12.2. The second-order valence-electron chi connectivity index (χ2n) is 6.00. The molecule has 6 N–H and O–H groups in total. The van der Waals surface area contributed by atoms with Gasteiger partial charge in [-0.2, -0.15) is 12.7 Å². The van der Waals surface area contributed by atoms with Crippen LogP contribution in [0.5, 0.6) is 0 Å². The molecule has 1 saturated heterocycles. The first-order chi connectivity index (χ1) is 10.6. The van der Waals surface area contributed by atoms with Crippen LogP contribution in [-0.4, -0.2) is 66.1 Å². The Bertz CT molecular complexity index is 503. The first-order valence-electron chi connectivity index (χ1n) is 7.76. The van der Waals surface area contributed by atoms with Crippen LogP contribution in [-0.2, 0) is 15.0 Å². The fourth-order valence-electron chi connectivity index (χ4n) is 2.68. The molecule has 11 heteroatoms. The van der Waals surface area contributed by atoms with Gasteiger partial charge in [0, 0.05) is 25.6 Å². The van der Waals surface area contributed by atoms with Gasteiger partial charge in [-0.3, -0.25) is 4.79 Å². The molecule has 0 radical (unpaired) electrons. The third kappa shape index (κ3) is 5.40. The molecule has 0 bridgehead atoms. The molecule has 23 heavy (non-hydrogen) atoms. The Balaban J connectivity index is 2.77. The van der Waals surface area contributed by atoms with Gasteiger partial charge < -0.3 is 20.9 Å². The standard InChI is InChI=1S/C12H26BN3O6S/c1-2-3-7-15-23(21,22)16-8-10(5-4-6-13(19)20)12(14,9-16)11(17)18/h10,15,19-20H,2-9,14H2,1H3,(H,17,18)/t10-,12-/m0/s1. The normalized spacial score (nSPS) is 25.7. The molecule has 1 heterocycles. The summed E-state index contributed by atoms with van der Waals surface area (Å²) in [6.07, 6.45) is 2.28. The van der Waals surface area contributed by atoms with Gasteiger partial charge in [-0.15, -0.1) is 0 Å². The fraction of sp³-hybridized carbons (Fsp3) is 0.917. The van der Waals surface area contributed by atoms with Crippen molar-refractivity contribution in [3.05, 3.63) is 0 Å². The summed E-state index contributed by atoms with van der Waals surface area (Å²) in [6.45, 7) is 1.94. The number of hydrogen-bond acceptors (Lipinski definition) is 6. The number of carbonyl (C=O) groups is 1. The third-order valence-corrected chi connectivity index (χ3v) is 5.69. The van der Waals surface area contributed by atoms with E-state index in [2.05, 4.69) is 4.72 Å². The molecular formula is C12H26BN3O6S. The van der Waals surface area contributed by atoms with Gasteiger partial charge >= 0.3 is 13.1 Å². The number of carboxylic acid groups (broad SMARTS) is 1. The molecule has 1 fully saturated rings. The number of hydrogen-bond donors (Lipinski definition) is 5. The van der Waals surface area contributed by atoms with Crippen LogP contribution in [0.3, 0.4) is 0 Å². The Labute approximate surface area is 137 Å². The lowest BCUT2D eigenvalue weighted by molar-refractivity contribution is -0.144. The lowest BCUT2D eigenvalue weighted by Crippen LogP contribution is -2.55. The summed E-state index contributed by atoms with van der Waals surface area (Å²) in [4.78, 5) is 11.5. The molecular weight excluding hydrogens is 325 g/mol. The molecule has 0 spiro atoms. The lowest BCUT2D eigenvalue weighted by Gasteiger charge is -2.25. The Kier molecular flexibility index (Phi) is 7.43. The predicted molar refractivity (Wildman–Crippen MR) is 85.7 cm³/mol. The highest BCUT2D eigenvalue weighted by Gasteiger charge is 2.52. The van der Waals surface area contributed by atoms with Crippen molar-refractivity contribution in [3.8, 4) is 0 Å². The van der Waals surface area contributed by atoms with Crippen molar-refractivity contribution in [3.63, 3.8) is 0 Å². The van der Waals surface area contributed by atoms with Gasteiger partial charge in [0.1, 0.15) is 5.54 Å². The SMILES string of the molecule is CCCCNS(=O)(=O)N1C[C@H](CCCB(O)O)[C@](N)(C(=O)O)C1. The Hall–Kier alpha value is -0.715. The van der Waals surface area contributed by atoms with Gasteiger partial charge in [0.05, 0.1) is 0 Å². The number of carboxylic acids is 1. The first kappa shape index (κ1) is 20.3. The molecule has 0 unspecified atom stereocenters. The molecule has 1 aliphatic rings. The van der Waals surface area contributed by atoms with Crippen LogP contribution < -0.4 is 10.5 Å². The third-order valence-electron chi connectivity index (χ3n) is 4.16. The van der Waals surface area contributed by atoms with E-state index >= 15 is 0 Å². The van der Waals surface area contributed by atoms with E-state index in [-0.39, 0.29) is 19.4 Å². The number of aliphatic carboxylic acids is 1. The summed E-state index contributed by atoms with van der Waals surface area (Å²) in [5, 5.41) is 27.1. The summed E-state index contributed by atoms with van der Waals surface area (Å²) in [7, 11) is -5.24. The van der Waals surface area contributed by atoms with Crippen molar-refractivity contribution < 1.29 is 28.4 Å². The van der Waals surface area contributed by atoms with Crippen LogP contribution in [0.25, 0.3) is 0 Å². The van der Waals surface area contributed by atoms with Gasteiger partial charge in [-0.1, -0.05) is 19.8 Å². The summed E-state index contributed by atoms with van der Waals surface area (Å²) in [6, 6.07) is 0. The minimum absolute atomic E-state index is 0.00574. The monoisotopic (exact) mass is 351 g/mol. The molecule has 0 aromatic rings. The van der Waals surface area contributed by atoms with E-state index in [0.29, 0.717) is 25.8 Å². The highest BCUT2D eigenvalue weighted by atomic mass is 32.2. The molecule has 1 rings (SSSR count). The molecule has 0 aromatic heterocycles. The van der Waals surface area contributed by atoms with Gasteiger partial charge in [0.15, 0.2) is 0 Å². The van der Waals surface area contributed by atoms with E-state index < -0.39 is 34.8 Å². The zero-order valence-electron chi connectivity index (χ0n) is 13.3. The zero-order chi connectivity index (χ0) is 17.7. The maximum atomic E-state index is 12.2. The van der Waals surface area contributed by atoms with Crippen LogP contribution in [0.2, 0.25) is 6.32 Å². The second kappa shape index (κ2) is 8.40. The average molecular weight is 351 g/mol. The Morgan fingerprint density at radius 1 is 1.43 bits per heavy atom. The highest BCUT2D eigenvalue weighted by Crippen LogP contribution is 2.31. The van der Waals surface area contributed by atoms with Crippen molar-refractivity contribution in [2.24, 2.45) is 11.7 Å². The molecule has 0 aliphatic carbocycles. The van der Waals surface area contributed by atoms with Gasteiger partial charge in [0.2, 0.25) is 0 Å². The van der Waals surface area contributed by atoms with E-state index in [1.807, 2.05) is 6.92 Å². The molecule has 1 aliphatic heterocycles. The Morgan fingerprint density at radius 2 is 2.09 bits per heavy atom. The summed E-state index contributed by atoms with van der Waals surface area (Å²) >= 11 is 0. The topological polar surface area (TPSA) is 153 Å². The molecule has 0 saturated carbocycles. The quantitative estimate of drug-likeness (QED) is 0.239.